The van der Waals surface area contributed by atoms with Crippen molar-refractivity contribution in [3.63, 3.8) is 0 Å². The summed E-state index contributed by atoms with van der Waals surface area (Å²) in [6.45, 7) is 8.05. The van der Waals surface area contributed by atoms with Crippen LogP contribution in [-0.2, 0) is 9.53 Å². The Morgan fingerprint density at radius 1 is 1.43 bits per heavy atom. The molecule has 0 saturated carbocycles. The number of hydrogen-bond acceptors (Lipinski definition) is 2. The molecule has 0 fully saturated rings. The summed E-state index contributed by atoms with van der Waals surface area (Å²) in [7, 11) is 0. The van der Waals surface area contributed by atoms with Gasteiger partial charge in [-0.3, -0.25) is 4.79 Å². The molecule has 14 heavy (non-hydrogen) atoms. The van der Waals surface area contributed by atoms with Crippen LogP contribution in [-0.4, -0.2) is 12.6 Å². The van der Waals surface area contributed by atoms with Crippen molar-refractivity contribution in [2.24, 2.45) is 5.92 Å². The highest BCUT2D eigenvalue weighted by molar-refractivity contribution is 5.72. The lowest BCUT2D eigenvalue weighted by atomic mass is 9.99. The van der Waals surface area contributed by atoms with Gasteiger partial charge in [-0.2, -0.15) is 0 Å². The van der Waals surface area contributed by atoms with E-state index in [1.165, 1.54) is 12.8 Å². The number of esters is 1. The van der Waals surface area contributed by atoms with Gasteiger partial charge < -0.3 is 4.74 Å². The predicted molar refractivity (Wildman–Crippen MR) is 59.1 cm³/mol. The summed E-state index contributed by atoms with van der Waals surface area (Å²) >= 11 is 0. The molecule has 0 aliphatic heterocycles. The summed E-state index contributed by atoms with van der Waals surface area (Å²) in [5.41, 5.74) is 0. The van der Waals surface area contributed by atoms with Crippen LogP contribution in [0.5, 0.6) is 0 Å². The van der Waals surface area contributed by atoms with Crippen LogP contribution in [0, 0.1) is 5.92 Å². The van der Waals surface area contributed by atoms with E-state index < -0.39 is 0 Å². The maximum atomic E-state index is 11.5. The molecule has 0 rings (SSSR count). The number of ether oxygens (including phenoxy) is 1. The fourth-order valence-electron chi connectivity index (χ4n) is 1.39. The maximum absolute atomic E-state index is 11.5. The number of carbonyl (C=O) groups excluding carboxylic acids is 1. The lowest BCUT2D eigenvalue weighted by Gasteiger charge is -2.12. The van der Waals surface area contributed by atoms with Gasteiger partial charge in [-0.1, -0.05) is 45.8 Å². The Morgan fingerprint density at radius 3 is 2.64 bits per heavy atom. The van der Waals surface area contributed by atoms with Crippen molar-refractivity contribution in [1.82, 2.24) is 0 Å². The van der Waals surface area contributed by atoms with Crippen LogP contribution in [0.15, 0.2) is 12.7 Å². The van der Waals surface area contributed by atoms with Crippen LogP contribution < -0.4 is 0 Å². The quantitative estimate of drug-likeness (QED) is 0.340. The molecule has 2 nitrogen and oxygen atoms in total. The first-order valence-corrected chi connectivity index (χ1v) is 5.53. The average Bonchev–Trinajstić information content (AvgIpc) is 2.21. The van der Waals surface area contributed by atoms with Crippen molar-refractivity contribution in [3.8, 4) is 0 Å². The van der Waals surface area contributed by atoms with Crippen molar-refractivity contribution in [1.29, 1.82) is 0 Å². The van der Waals surface area contributed by atoms with Gasteiger partial charge in [-0.25, -0.2) is 0 Å². The molecule has 2 heteroatoms. The van der Waals surface area contributed by atoms with Crippen molar-refractivity contribution in [2.45, 2.75) is 46.0 Å². The van der Waals surface area contributed by atoms with E-state index in [0.29, 0.717) is 6.61 Å². The molecule has 0 aliphatic rings. The van der Waals surface area contributed by atoms with Crippen LogP contribution >= 0.6 is 0 Å². The summed E-state index contributed by atoms with van der Waals surface area (Å²) in [6.07, 6.45) is 6.96. The Morgan fingerprint density at radius 2 is 2.14 bits per heavy atom. The first kappa shape index (κ1) is 13.2. The van der Waals surface area contributed by atoms with E-state index in [0.717, 1.165) is 19.3 Å². The minimum absolute atomic E-state index is 0.0662. The molecule has 1 unspecified atom stereocenters. The van der Waals surface area contributed by atoms with E-state index in [1.54, 1.807) is 6.08 Å². The van der Waals surface area contributed by atoms with Gasteiger partial charge in [0, 0.05) is 0 Å². The third-order valence-corrected chi connectivity index (χ3v) is 2.33. The molecule has 0 aliphatic carbocycles. The van der Waals surface area contributed by atoms with Gasteiger partial charge in [0.25, 0.3) is 0 Å². The molecule has 0 heterocycles. The van der Waals surface area contributed by atoms with Crippen LogP contribution in [0.2, 0.25) is 0 Å². The zero-order chi connectivity index (χ0) is 10.8. The average molecular weight is 198 g/mol. The van der Waals surface area contributed by atoms with Gasteiger partial charge in [0.05, 0.1) is 5.92 Å². The van der Waals surface area contributed by atoms with Crippen molar-refractivity contribution in [3.05, 3.63) is 12.7 Å². The second-order valence-electron chi connectivity index (χ2n) is 3.52. The SMILES string of the molecule is C=CCOC(=O)C(CC)CCCCC. The van der Waals surface area contributed by atoms with Gasteiger partial charge in [-0.15, -0.1) is 0 Å². The van der Waals surface area contributed by atoms with Crippen LogP contribution in [0.1, 0.15) is 46.0 Å². The van der Waals surface area contributed by atoms with Crippen LogP contribution in [0.25, 0.3) is 0 Å². The Bertz CT molecular complexity index is 164. The van der Waals surface area contributed by atoms with Gasteiger partial charge in [-0.05, 0) is 12.8 Å². The van der Waals surface area contributed by atoms with Crippen LogP contribution in [0.3, 0.4) is 0 Å². The van der Waals surface area contributed by atoms with Gasteiger partial charge in [0.2, 0.25) is 0 Å². The molecule has 0 aromatic carbocycles. The summed E-state index contributed by atoms with van der Waals surface area (Å²) in [4.78, 5) is 11.5. The molecule has 0 aromatic rings. The number of rotatable bonds is 8. The molecule has 0 amide bonds. The number of carbonyl (C=O) groups is 1. The molecule has 82 valence electrons. The molecular weight excluding hydrogens is 176 g/mol. The first-order valence-electron chi connectivity index (χ1n) is 5.53. The molecule has 0 saturated heterocycles. The summed E-state index contributed by atoms with van der Waals surface area (Å²) in [5.74, 6) is 0.0185. The van der Waals surface area contributed by atoms with E-state index in [4.69, 9.17) is 4.74 Å². The maximum Gasteiger partial charge on any atom is 0.309 e. The fourth-order valence-corrected chi connectivity index (χ4v) is 1.39. The van der Waals surface area contributed by atoms with E-state index in [2.05, 4.69) is 13.5 Å². The third kappa shape index (κ3) is 5.79. The molecule has 0 aromatic heterocycles. The largest absolute Gasteiger partial charge is 0.461 e. The summed E-state index contributed by atoms with van der Waals surface area (Å²) < 4.78 is 5.02. The van der Waals surface area contributed by atoms with Crippen LogP contribution in [0.4, 0.5) is 0 Å². The number of hydrogen-bond donors (Lipinski definition) is 0. The lowest BCUT2D eigenvalue weighted by molar-refractivity contribution is -0.147. The zero-order valence-corrected chi connectivity index (χ0v) is 9.42. The van der Waals surface area contributed by atoms with E-state index >= 15 is 0 Å². The second-order valence-corrected chi connectivity index (χ2v) is 3.52. The van der Waals surface area contributed by atoms with Gasteiger partial charge in [0.1, 0.15) is 6.61 Å². The minimum atomic E-state index is -0.0662. The molecular formula is C12H22O2. The zero-order valence-electron chi connectivity index (χ0n) is 9.42. The Labute approximate surface area is 87.3 Å². The topological polar surface area (TPSA) is 26.3 Å². The second kappa shape index (κ2) is 8.79. The first-order chi connectivity index (χ1) is 6.76. The van der Waals surface area contributed by atoms with Crippen molar-refractivity contribution >= 4 is 5.97 Å². The van der Waals surface area contributed by atoms with Gasteiger partial charge in [0.15, 0.2) is 0 Å². The van der Waals surface area contributed by atoms with Crippen molar-refractivity contribution in [2.75, 3.05) is 6.61 Å². The van der Waals surface area contributed by atoms with Gasteiger partial charge >= 0.3 is 5.97 Å². The molecule has 1 atom stereocenters. The van der Waals surface area contributed by atoms with E-state index in [9.17, 15) is 4.79 Å². The molecule has 0 N–H and O–H groups in total. The lowest BCUT2D eigenvalue weighted by Crippen LogP contribution is -2.17. The molecule has 0 radical (unpaired) electrons. The Balaban J connectivity index is 3.74. The molecule has 0 bridgehead atoms. The summed E-state index contributed by atoms with van der Waals surface area (Å²) in [6, 6.07) is 0. The summed E-state index contributed by atoms with van der Waals surface area (Å²) in [5, 5.41) is 0. The highest BCUT2D eigenvalue weighted by Crippen LogP contribution is 2.15. The monoisotopic (exact) mass is 198 g/mol. The smallest absolute Gasteiger partial charge is 0.309 e. The third-order valence-electron chi connectivity index (χ3n) is 2.33. The predicted octanol–water partition coefficient (Wildman–Crippen LogP) is 3.32. The highest BCUT2D eigenvalue weighted by Gasteiger charge is 2.16. The van der Waals surface area contributed by atoms with E-state index in [-0.39, 0.29) is 11.9 Å². The Kier molecular flexibility index (Phi) is 8.30. The molecule has 0 spiro atoms. The standard InChI is InChI=1S/C12H22O2/c1-4-7-8-9-11(6-3)12(13)14-10-5-2/h5,11H,2,4,6-10H2,1,3H3. The Hall–Kier alpha value is -0.790. The van der Waals surface area contributed by atoms with Crippen molar-refractivity contribution < 1.29 is 9.53 Å². The minimum Gasteiger partial charge on any atom is -0.461 e. The normalized spacial score (nSPS) is 12.1. The fraction of sp³-hybridized carbons (Fsp3) is 0.750. The van der Waals surface area contributed by atoms with E-state index in [1.807, 2.05) is 6.92 Å². The highest BCUT2D eigenvalue weighted by atomic mass is 16.5. The number of unbranched alkanes of at least 4 members (excludes halogenated alkanes) is 2.